The Morgan fingerprint density at radius 2 is 2.28 bits per heavy atom. The zero-order valence-electron chi connectivity index (χ0n) is 10.5. The number of nitrogens with one attached hydrogen (secondary N) is 1. The summed E-state index contributed by atoms with van der Waals surface area (Å²) in [6.07, 6.45) is 3.23. The molecule has 0 saturated heterocycles. The third-order valence-corrected chi connectivity index (χ3v) is 3.11. The highest BCUT2D eigenvalue weighted by Gasteiger charge is 2.20. The van der Waals surface area contributed by atoms with Gasteiger partial charge in [0.15, 0.2) is 10.9 Å². The molecule has 1 heterocycles. The van der Waals surface area contributed by atoms with Crippen LogP contribution in [-0.2, 0) is 0 Å². The molecule has 100 valence electrons. The van der Waals surface area contributed by atoms with Gasteiger partial charge >= 0.3 is 0 Å². The quantitative estimate of drug-likeness (QED) is 0.636. The van der Waals surface area contributed by atoms with Crippen LogP contribution in [0.4, 0.5) is 0 Å². The molecule has 18 heavy (non-hydrogen) atoms. The van der Waals surface area contributed by atoms with Gasteiger partial charge in [-0.1, -0.05) is 37.2 Å². The SMILES string of the molecule is CSc1ncc(Cl)c(C(=O)NCC(C)(C)CO)n1. The largest absolute Gasteiger partial charge is 0.396 e. The van der Waals surface area contributed by atoms with Crippen LogP contribution in [0.15, 0.2) is 11.4 Å². The van der Waals surface area contributed by atoms with Crippen molar-refractivity contribution in [2.45, 2.75) is 19.0 Å². The normalized spacial score (nSPS) is 11.4. The number of carbonyl (C=O) groups is 1. The molecular weight excluding hydrogens is 274 g/mol. The Labute approximate surface area is 115 Å². The first kappa shape index (κ1) is 15.2. The number of hydrogen-bond donors (Lipinski definition) is 2. The molecule has 1 amide bonds. The van der Waals surface area contributed by atoms with E-state index in [0.717, 1.165) is 0 Å². The highest BCUT2D eigenvalue weighted by Crippen LogP contribution is 2.17. The summed E-state index contributed by atoms with van der Waals surface area (Å²) in [5.74, 6) is -0.362. The second kappa shape index (κ2) is 6.36. The van der Waals surface area contributed by atoms with E-state index < -0.39 is 0 Å². The number of thioether (sulfide) groups is 1. The third-order valence-electron chi connectivity index (χ3n) is 2.28. The highest BCUT2D eigenvalue weighted by molar-refractivity contribution is 7.98. The summed E-state index contributed by atoms with van der Waals surface area (Å²) in [6.45, 7) is 4.03. The Hall–Kier alpha value is -0.850. The maximum Gasteiger partial charge on any atom is 0.271 e. The van der Waals surface area contributed by atoms with Gasteiger partial charge in [-0.05, 0) is 6.26 Å². The van der Waals surface area contributed by atoms with Gasteiger partial charge in [0.25, 0.3) is 5.91 Å². The number of aliphatic hydroxyl groups excluding tert-OH is 1. The van der Waals surface area contributed by atoms with Gasteiger partial charge in [0.1, 0.15) is 0 Å². The topological polar surface area (TPSA) is 75.1 Å². The van der Waals surface area contributed by atoms with Crippen LogP contribution >= 0.6 is 23.4 Å². The van der Waals surface area contributed by atoms with E-state index in [1.807, 2.05) is 20.1 Å². The lowest BCUT2D eigenvalue weighted by Crippen LogP contribution is -2.36. The predicted molar refractivity (Wildman–Crippen MR) is 72.0 cm³/mol. The van der Waals surface area contributed by atoms with E-state index in [2.05, 4.69) is 15.3 Å². The van der Waals surface area contributed by atoms with Crippen molar-refractivity contribution >= 4 is 29.3 Å². The fourth-order valence-corrected chi connectivity index (χ4v) is 1.59. The van der Waals surface area contributed by atoms with Crippen molar-refractivity contribution < 1.29 is 9.90 Å². The molecule has 0 spiro atoms. The lowest BCUT2D eigenvalue weighted by Gasteiger charge is -2.21. The Morgan fingerprint density at radius 3 is 2.83 bits per heavy atom. The van der Waals surface area contributed by atoms with E-state index in [0.29, 0.717) is 11.7 Å². The maximum absolute atomic E-state index is 11.9. The van der Waals surface area contributed by atoms with Gasteiger partial charge in [-0.15, -0.1) is 0 Å². The lowest BCUT2D eigenvalue weighted by molar-refractivity contribution is 0.0905. The average Bonchev–Trinajstić information content (AvgIpc) is 2.36. The number of aliphatic hydroxyl groups is 1. The predicted octanol–water partition coefficient (Wildman–Crippen LogP) is 1.60. The first-order valence-corrected chi connectivity index (χ1v) is 6.95. The second-order valence-electron chi connectivity index (χ2n) is 4.56. The maximum atomic E-state index is 11.9. The van der Waals surface area contributed by atoms with E-state index in [-0.39, 0.29) is 28.6 Å². The van der Waals surface area contributed by atoms with Gasteiger partial charge in [0.2, 0.25) is 0 Å². The van der Waals surface area contributed by atoms with Crippen LogP contribution in [0.1, 0.15) is 24.3 Å². The molecule has 0 aliphatic carbocycles. The van der Waals surface area contributed by atoms with Crippen molar-refractivity contribution in [3.63, 3.8) is 0 Å². The number of halogens is 1. The summed E-state index contributed by atoms with van der Waals surface area (Å²) < 4.78 is 0. The van der Waals surface area contributed by atoms with E-state index in [1.54, 1.807) is 0 Å². The Balaban J connectivity index is 2.78. The van der Waals surface area contributed by atoms with E-state index in [9.17, 15) is 4.79 Å². The van der Waals surface area contributed by atoms with Crippen molar-refractivity contribution in [2.24, 2.45) is 5.41 Å². The zero-order valence-corrected chi connectivity index (χ0v) is 12.1. The second-order valence-corrected chi connectivity index (χ2v) is 5.74. The molecule has 0 aliphatic heterocycles. The molecular formula is C11H16ClN3O2S. The fraction of sp³-hybridized carbons (Fsp3) is 0.545. The number of hydrogen-bond acceptors (Lipinski definition) is 5. The summed E-state index contributed by atoms with van der Waals surface area (Å²) in [7, 11) is 0. The van der Waals surface area contributed by atoms with Crippen molar-refractivity contribution in [3.05, 3.63) is 16.9 Å². The Morgan fingerprint density at radius 1 is 1.61 bits per heavy atom. The summed E-state index contributed by atoms with van der Waals surface area (Å²) >= 11 is 7.22. The van der Waals surface area contributed by atoms with Crippen molar-refractivity contribution in [1.82, 2.24) is 15.3 Å². The molecule has 1 rings (SSSR count). The van der Waals surface area contributed by atoms with Gasteiger partial charge < -0.3 is 10.4 Å². The monoisotopic (exact) mass is 289 g/mol. The standard InChI is InChI=1S/C11H16ClN3O2S/c1-11(2,6-16)5-14-9(17)8-7(12)4-13-10(15-8)18-3/h4,16H,5-6H2,1-3H3,(H,14,17). The fourth-order valence-electron chi connectivity index (χ4n) is 1.07. The molecule has 0 radical (unpaired) electrons. The molecule has 7 heteroatoms. The number of rotatable bonds is 5. The molecule has 2 N–H and O–H groups in total. The molecule has 0 bridgehead atoms. The molecule has 0 aliphatic rings. The number of aromatic nitrogens is 2. The highest BCUT2D eigenvalue weighted by atomic mass is 35.5. The summed E-state index contributed by atoms with van der Waals surface area (Å²) in [6, 6.07) is 0. The van der Waals surface area contributed by atoms with Gasteiger partial charge in [-0.2, -0.15) is 0 Å². The van der Waals surface area contributed by atoms with E-state index in [4.69, 9.17) is 16.7 Å². The average molecular weight is 290 g/mol. The van der Waals surface area contributed by atoms with E-state index in [1.165, 1.54) is 18.0 Å². The van der Waals surface area contributed by atoms with Gasteiger partial charge in [0, 0.05) is 18.6 Å². The third kappa shape index (κ3) is 4.12. The van der Waals surface area contributed by atoms with Crippen LogP contribution in [-0.4, -0.2) is 40.4 Å². The molecule has 0 aromatic carbocycles. The van der Waals surface area contributed by atoms with Crippen LogP contribution in [0, 0.1) is 5.41 Å². The van der Waals surface area contributed by atoms with E-state index >= 15 is 0 Å². The number of carbonyl (C=O) groups excluding carboxylic acids is 1. The first-order chi connectivity index (χ1) is 8.39. The zero-order chi connectivity index (χ0) is 13.8. The van der Waals surface area contributed by atoms with Gasteiger partial charge in [0.05, 0.1) is 11.2 Å². The molecule has 0 saturated carbocycles. The summed E-state index contributed by atoms with van der Waals surface area (Å²) in [5, 5.41) is 12.5. The Bertz CT molecular complexity index is 440. The molecule has 5 nitrogen and oxygen atoms in total. The lowest BCUT2D eigenvalue weighted by atomic mass is 9.95. The van der Waals surface area contributed by atoms with Crippen molar-refractivity contribution in [3.8, 4) is 0 Å². The van der Waals surface area contributed by atoms with Crippen LogP contribution < -0.4 is 5.32 Å². The number of nitrogens with zero attached hydrogens (tertiary/aromatic N) is 2. The number of amides is 1. The minimum Gasteiger partial charge on any atom is -0.396 e. The minimum atomic E-state index is -0.377. The molecule has 0 atom stereocenters. The minimum absolute atomic E-state index is 0.0130. The van der Waals surface area contributed by atoms with Gasteiger partial charge in [-0.3, -0.25) is 4.79 Å². The Kier molecular flexibility index (Phi) is 5.37. The van der Waals surface area contributed by atoms with Crippen LogP contribution in [0.25, 0.3) is 0 Å². The molecule has 0 unspecified atom stereocenters. The van der Waals surface area contributed by atoms with Crippen molar-refractivity contribution in [2.75, 3.05) is 19.4 Å². The van der Waals surface area contributed by atoms with Gasteiger partial charge in [-0.25, -0.2) is 9.97 Å². The first-order valence-electron chi connectivity index (χ1n) is 5.35. The molecule has 1 aromatic heterocycles. The molecule has 1 aromatic rings. The smallest absolute Gasteiger partial charge is 0.271 e. The van der Waals surface area contributed by atoms with Crippen LogP contribution in [0.3, 0.4) is 0 Å². The van der Waals surface area contributed by atoms with Crippen LogP contribution in [0.5, 0.6) is 0 Å². The summed E-state index contributed by atoms with van der Waals surface area (Å²) in [5.41, 5.74) is -0.220. The van der Waals surface area contributed by atoms with Crippen molar-refractivity contribution in [1.29, 1.82) is 0 Å². The molecule has 0 fully saturated rings. The van der Waals surface area contributed by atoms with Crippen LogP contribution in [0.2, 0.25) is 5.02 Å². The summed E-state index contributed by atoms with van der Waals surface area (Å²) in [4.78, 5) is 19.9.